The molecule has 0 saturated heterocycles. The number of Topliss-reactive ketones (excluding diaryl/α,β-unsaturated/α-hetero) is 1. The van der Waals surface area contributed by atoms with Gasteiger partial charge >= 0.3 is 6.18 Å². The van der Waals surface area contributed by atoms with Crippen LogP contribution in [0, 0.1) is 0 Å². The van der Waals surface area contributed by atoms with Gasteiger partial charge < -0.3 is 10.6 Å². The standard InChI is InChI=1S/C21H16F3N3O2/c1-13(28)14-6-9-16(10-7-14)26-19-11-8-15(12-25-19)20(29)27-18-5-3-2-4-17(18)21(22,23)24/h2-12H,1H3,(H,25,26)(H,27,29). The summed E-state index contributed by atoms with van der Waals surface area (Å²) in [5, 5.41) is 5.28. The van der Waals surface area contributed by atoms with E-state index >= 15 is 0 Å². The van der Waals surface area contributed by atoms with Gasteiger partial charge in [-0.3, -0.25) is 9.59 Å². The van der Waals surface area contributed by atoms with Crippen LogP contribution in [0.25, 0.3) is 0 Å². The highest BCUT2D eigenvalue weighted by atomic mass is 19.4. The minimum absolute atomic E-state index is 0.0443. The van der Waals surface area contributed by atoms with E-state index in [0.29, 0.717) is 17.1 Å². The second kappa shape index (κ2) is 8.14. The van der Waals surface area contributed by atoms with Gasteiger partial charge in [0, 0.05) is 17.4 Å². The topological polar surface area (TPSA) is 71.1 Å². The molecule has 0 atom stereocenters. The Balaban J connectivity index is 1.70. The van der Waals surface area contributed by atoms with Crippen LogP contribution in [0.2, 0.25) is 0 Å². The normalized spacial score (nSPS) is 11.0. The largest absolute Gasteiger partial charge is 0.418 e. The lowest BCUT2D eigenvalue weighted by atomic mass is 10.1. The Morgan fingerprint density at radius 1 is 0.897 bits per heavy atom. The maximum atomic E-state index is 13.0. The van der Waals surface area contributed by atoms with Crippen molar-refractivity contribution >= 4 is 28.9 Å². The molecule has 0 radical (unpaired) electrons. The van der Waals surface area contributed by atoms with E-state index in [1.165, 1.54) is 43.5 Å². The molecule has 1 heterocycles. The number of pyridine rings is 1. The van der Waals surface area contributed by atoms with Crippen molar-refractivity contribution in [2.24, 2.45) is 0 Å². The van der Waals surface area contributed by atoms with Crippen molar-refractivity contribution in [1.29, 1.82) is 0 Å². The number of nitrogens with zero attached hydrogens (tertiary/aromatic N) is 1. The summed E-state index contributed by atoms with van der Waals surface area (Å²) < 4.78 is 39.1. The summed E-state index contributed by atoms with van der Waals surface area (Å²) in [7, 11) is 0. The second-order valence-corrected chi connectivity index (χ2v) is 6.19. The molecule has 2 aromatic carbocycles. The van der Waals surface area contributed by atoms with Crippen LogP contribution in [0.5, 0.6) is 0 Å². The number of alkyl halides is 3. The molecule has 0 aliphatic heterocycles. The first kappa shape index (κ1) is 20.1. The quantitative estimate of drug-likeness (QED) is 0.571. The number of anilines is 3. The number of hydrogen-bond donors (Lipinski definition) is 2. The molecular weight excluding hydrogens is 383 g/mol. The molecule has 5 nitrogen and oxygen atoms in total. The molecule has 0 aliphatic rings. The first-order valence-corrected chi connectivity index (χ1v) is 8.56. The molecule has 29 heavy (non-hydrogen) atoms. The third kappa shape index (κ3) is 4.98. The molecule has 8 heteroatoms. The fraction of sp³-hybridized carbons (Fsp3) is 0.0952. The van der Waals surface area contributed by atoms with Gasteiger partial charge in [0.2, 0.25) is 0 Å². The Labute approximate surface area is 164 Å². The van der Waals surface area contributed by atoms with Gasteiger partial charge in [0.15, 0.2) is 5.78 Å². The summed E-state index contributed by atoms with van der Waals surface area (Å²) in [4.78, 5) is 27.7. The predicted molar refractivity (Wildman–Crippen MR) is 103 cm³/mol. The van der Waals surface area contributed by atoms with Crippen molar-refractivity contribution in [3.63, 3.8) is 0 Å². The summed E-state index contributed by atoms with van der Waals surface area (Å²) in [6.45, 7) is 1.47. The van der Waals surface area contributed by atoms with Crippen molar-refractivity contribution in [2.45, 2.75) is 13.1 Å². The van der Waals surface area contributed by atoms with E-state index < -0.39 is 17.6 Å². The molecule has 0 spiro atoms. The highest BCUT2D eigenvalue weighted by molar-refractivity contribution is 6.04. The minimum atomic E-state index is -4.58. The monoisotopic (exact) mass is 399 g/mol. The lowest BCUT2D eigenvalue weighted by Gasteiger charge is -2.13. The Morgan fingerprint density at radius 2 is 1.55 bits per heavy atom. The number of nitrogens with one attached hydrogen (secondary N) is 2. The van der Waals surface area contributed by atoms with Gasteiger partial charge in [-0.25, -0.2) is 4.98 Å². The number of carbonyl (C=O) groups is 2. The molecular formula is C21H16F3N3O2. The van der Waals surface area contributed by atoms with Crippen LogP contribution in [-0.4, -0.2) is 16.7 Å². The highest BCUT2D eigenvalue weighted by Crippen LogP contribution is 2.34. The number of halogens is 3. The fourth-order valence-corrected chi connectivity index (χ4v) is 2.57. The van der Waals surface area contributed by atoms with Crippen LogP contribution in [0.15, 0.2) is 66.9 Å². The minimum Gasteiger partial charge on any atom is -0.340 e. The lowest BCUT2D eigenvalue weighted by Crippen LogP contribution is -2.16. The summed E-state index contributed by atoms with van der Waals surface area (Å²) >= 11 is 0. The fourth-order valence-electron chi connectivity index (χ4n) is 2.57. The van der Waals surface area contributed by atoms with Gasteiger partial charge in [-0.2, -0.15) is 13.2 Å². The Hall–Kier alpha value is -3.68. The van der Waals surface area contributed by atoms with Crippen molar-refractivity contribution in [3.05, 3.63) is 83.6 Å². The van der Waals surface area contributed by atoms with Crippen LogP contribution < -0.4 is 10.6 Å². The molecule has 0 saturated carbocycles. The maximum Gasteiger partial charge on any atom is 0.418 e. The van der Waals surface area contributed by atoms with Gasteiger partial charge in [0.05, 0.1) is 16.8 Å². The second-order valence-electron chi connectivity index (χ2n) is 6.19. The molecule has 3 rings (SSSR count). The van der Waals surface area contributed by atoms with E-state index in [2.05, 4.69) is 15.6 Å². The van der Waals surface area contributed by atoms with Crippen LogP contribution >= 0.6 is 0 Å². The molecule has 1 aromatic heterocycles. The van der Waals surface area contributed by atoms with Crippen LogP contribution in [0.1, 0.15) is 33.2 Å². The molecule has 0 unspecified atom stereocenters. The number of rotatable bonds is 5. The first-order chi connectivity index (χ1) is 13.7. The summed E-state index contributed by atoms with van der Waals surface area (Å²) in [6.07, 6.45) is -3.31. The third-order valence-electron chi connectivity index (χ3n) is 4.07. The number of hydrogen-bond acceptors (Lipinski definition) is 4. The Bertz CT molecular complexity index is 1030. The molecule has 0 aliphatic carbocycles. The van der Waals surface area contributed by atoms with E-state index in [4.69, 9.17) is 0 Å². The number of carbonyl (C=O) groups excluding carboxylic acids is 2. The van der Waals surface area contributed by atoms with Crippen LogP contribution in [0.3, 0.4) is 0 Å². The summed E-state index contributed by atoms with van der Waals surface area (Å²) in [5.41, 5.74) is 0.138. The zero-order chi connectivity index (χ0) is 21.0. The number of benzene rings is 2. The summed E-state index contributed by atoms with van der Waals surface area (Å²) in [5.74, 6) is -0.309. The van der Waals surface area contributed by atoms with Gasteiger partial charge in [0.1, 0.15) is 5.82 Å². The Morgan fingerprint density at radius 3 is 2.14 bits per heavy atom. The van der Waals surface area contributed by atoms with Crippen molar-refractivity contribution in [1.82, 2.24) is 4.98 Å². The highest BCUT2D eigenvalue weighted by Gasteiger charge is 2.33. The number of para-hydroxylation sites is 1. The number of amides is 1. The van der Waals surface area contributed by atoms with E-state index in [-0.39, 0.29) is 17.0 Å². The first-order valence-electron chi connectivity index (χ1n) is 8.56. The molecule has 3 aromatic rings. The zero-order valence-corrected chi connectivity index (χ0v) is 15.2. The molecule has 0 fully saturated rings. The van der Waals surface area contributed by atoms with Gasteiger partial charge in [0.25, 0.3) is 5.91 Å². The van der Waals surface area contributed by atoms with Crippen molar-refractivity contribution < 1.29 is 22.8 Å². The van der Waals surface area contributed by atoms with Crippen molar-refractivity contribution in [2.75, 3.05) is 10.6 Å². The third-order valence-corrected chi connectivity index (χ3v) is 4.07. The average molecular weight is 399 g/mol. The van der Waals surface area contributed by atoms with Crippen molar-refractivity contribution in [3.8, 4) is 0 Å². The van der Waals surface area contributed by atoms with E-state index in [0.717, 1.165) is 6.07 Å². The molecule has 0 bridgehead atoms. The predicted octanol–water partition coefficient (Wildman–Crippen LogP) is 5.30. The number of ketones is 1. The van der Waals surface area contributed by atoms with E-state index in [9.17, 15) is 22.8 Å². The Kier molecular flexibility index (Phi) is 5.63. The molecule has 148 valence electrons. The zero-order valence-electron chi connectivity index (χ0n) is 15.2. The van der Waals surface area contributed by atoms with Gasteiger partial charge in [-0.15, -0.1) is 0 Å². The SMILES string of the molecule is CC(=O)c1ccc(Nc2ccc(C(=O)Nc3ccccc3C(F)(F)F)cn2)cc1. The average Bonchev–Trinajstić information content (AvgIpc) is 2.68. The van der Waals surface area contributed by atoms with Gasteiger partial charge in [-0.1, -0.05) is 12.1 Å². The lowest BCUT2D eigenvalue weighted by molar-refractivity contribution is -0.136. The molecule has 1 amide bonds. The van der Waals surface area contributed by atoms with Crippen LogP contribution in [-0.2, 0) is 6.18 Å². The van der Waals surface area contributed by atoms with Gasteiger partial charge in [-0.05, 0) is 55.5 Å². The molecule has 2 N–H and O–H groups in total. The maximum absolute atomic E-state index is 13.0. The smallest absolute Gasteiger partial charge is 0.340 e. The van der Waals surface area contributed by atoms with E-state index in [1.807, 2.05) is 0 Å². The summed E-state index contributed by atoms with van der Waals surface area (Å²) in [6, 6.07) is 14.5. The van der Waals surface area contributed by atoms with Crippen LogP contribution in [0.4, 0.5) is 30.4 Å². The van der Waals surface area contributed by atoms with E-state index in [1.54, 1.807) is 24.3 Å². The number of aromatic nitrogens is 1.